The van der Waals surface area contributed by atoms with Gasteiger partial charge in [-0.2, -0.15) is 0 Å². The number of methoxy groups -OCH3 is 1. The van der Waals surface area contributed by atoms with Crippen molar-refractivity contribution in [2.75, 3.05) is 7.11 Å². The molecule has 0 aromatic heterocycles. The standard InChI is InChI=1S/C14H20O4/c1-3-10(9-14(16)17)4-5-11-6-7-12(15)13(8-11)18-2/h6-8,10,15H,3-5,9H2,1-2H3,(H,16,17). The summed E-state index contributed by atoms with van der Waals surface area (Å²) in [5.74, 6) is 0.0324. The molecular weight excluding hydrogens is 232 g/mol. The Morgan fingerprint density at radius 2 is 2.17 bits per heavy atom. The predicted octanol–water partition coefficient (Wildman–Crippen LogP) is 2.83. The molecule has 1 aromatic carbocycles. The summed E-state index contributed by atoms with van der Waals surface area (Å²) >= 11 is 0. The van der Waals surface area contributed by atoms with Gasteiger partial charge in [0.2, 0.25) is 0 Å². The van der Waals surface area contributed by atoms with Gasteiger partial charge in [0.1, 0.15) is 0 Å². The molecule has 0 aliphatic rings. The minimum Gasteiger partial charge on any atom is -0.504 e. The number of rotatable bonds is 7. The van der Waals surface area contributed by atoms with E-state index in [1.165, 1.54) is 7.11 Å². The number of carboxylic acids is 1. The van der Waals surface area contributed by atoms with Gasteiger partial charge in [0.25, 0.3) is 0 Å². The van der Waals surface area contributed by atoms with E-state index in [9.17, 15) is 9.90 Å². The first-order valence-corrected chi connectivity index (χ1v) is 6.14. The maximum Gasteiger partial charge on any atom is 0.303 e. The van der Waals surface area contributed by atoms with Crippen LogP contribution in [0.15, 0.2) is 18.2 Å². The lowest BCUT2D eigenvalue weighted by molar-refractivity contribution is -0.138. The molecular formula is C14H20O4. The maximum absolute atomic E-state index is 10.7. The second-order valence-corrected chi connectivity index (χ2v) is 4.42. The monoisotopic (exact) mass is 252 g/mol. The summed E-state index contributed by atoms with van der Waals surface area (Å²) in [5, 5.41) is 18.3. The van der Waals surface area contributed by atoms with Crippen molar-refractivity contribution in [3.8, 4) is 11.5 Å². The largest absolute Gasteiger partial charge is 0.504 e. The van der Waals surface area contributed by atoms with Gasteiger partial charge in [0, 0.05) is 6.42 Å². The molecule has 1 unspecified atom stereocenters. The van der Waals surface area contributed by atoms with E-state index in [0.717, 1.165) is 24.8 Å². The van der Waals surface area contributed by atoms with Crippen LogP contribution in [0, 0.1) is 5.92 Å². The fourth-order valence-electron chi connectivity index (χ4n) is 1.95. The van der Waals surface area contributed by atoms with E-state index in [1.54, 1.807) is 12.1 Å². The molecule has 0 spiro atoms. The quantitative estimate of drug-likeness (QED) is 0.783. The number of aryl methyl sites for hydroxylation is 1. The maximum atomic E-state index is 10.7. The summed E-state index contributed by atoms with van der Waals surface area (Å²) in [6.45, 7) is 2.00. The van der Waals surface area contributed by atoms with Crippen LogP contribution in [0.4, 0.5) is 0 Å². The Labute approximate surface area is 107 Å². The van der Waals surface area contributed by atoms with E-state index >= 15 is 0 Å². The number of carboxylic acid groups (broad SMARTS) is 1. The number of aliphatic carboxylic acids is 1. The first-order valence-electron chi connectivity index (χ1n) is 6.14. The molecule has 100 valence electrons. The molecule has 1 rings (SSSR count). The average molecular weight is 252 g/mol. The second kappa shape index (κ2) is 6.89. The van der Waals surface area contributed by atoms with E-state index in [-0.39, 0.29) is 18.1 Å². The fraction of sp³-hybridized carbons (Fsp3) is 0.500. The summed E-state index contributed by atoms with van der Waals surface area (Å²) in [6, 6.07) is 5.24. The Kier molecular flexibility index (Phi) is 5.49. The third kappa shape index (κ3) is 4.28. The Balaban J connectivity index is 2.59. The van der Waals surface area contributed by atoms with Crippen LogP contribution in [0.25, 0.3) is 0 Å². The molecule has 1 atom stereocenters. The predicted molar refractivity (Wildman–Crippen MR) is 69.0 cm³/mol. The SMILES string of the molecule is CCC(CCc1ccc(O)c(OC)c1)CC(=O)O. The zero-order valence-electron chi connectivity index (χ0n) is 10.8. The van der Waals surface area contributed by atoms with Crippen LogP contribution in [-0.4, -0.2) is 23.3 Å². The number of hydrogen-bond acceptors (Lipinski definition) is 3. The molecule has 0 heterocycles. The first-order chi connectivity index (χ1) is 8.56. The van der Waals surface area contributed by atoms with Crippen molar-refractivity contribution < 1.29 is 19.7 Å². The van der Waals surface area contributed by atoms with Gasteiger partial charge >= 0.3 is 5.97 Å². The minimum absolute atomic E-state index is 0.124. The lowest BCUT2D eigenvalue weighted by Gasteiger charge is -2.12. The summed E-state index contributed by atoms with van der Waals surface area (Å²) in [4.78, 5) is 10.7. The summed E-state index contributed by atoms with van der Waals surface area (Å²) in [5.41, 5.74) is 1.05. The highest BCUT2D eigenvalue weighted by Gasteiger charge is 2.11. The van der Waals surface area contributed by atoms with Crippen LogP contribution in [0.5, 0.6) is 11.5 Å². The fourth-order valence-corrected chi connectivity index (χ4v) is 1.95. The van der Waals surface area contributed by atoms with Crippen molar-refractivity contribution in [3.63, 3.8) is 0 Å². The Morgan fingerprint density at radius 3 is 2.72 bits per heavy atom. The molecule has 18 heavy (non-hydrogen) atoms. The molecule has 2 N–H and O–H groups in total. The number of ether oxygens (including phenoxy) is 1. The smallest absolute Gasteiger partial charge is 0.303 e. The molecule has 0 radical (unpaired) electrons. The first kappa shape index (κ1) is 14.4. The summed E-state index contributed by atoms with van der Waals surface area (Å²) in [7, 11) is 1.51. The Morgan fingerprint density at radius 1 is 1.44 bits per heavy atom. The highest BCUT2D eigenvalue weighted by atomic mass is 16.5. The van der Waals surface area contributed by atoms with Crippen molar-refractivity contribution in [2.45, 2.75) is 32.6 Å². The van der Waals surface area contributed by atoms with Crippen LogP contribution >= 0.6 is 0 Å². The van der Waals surface area contributed by atoms with Crippen LogP contribution < -0.4 is 4.74 Å². The van der Waals surface area contributed by atoms with Crippen molar-refractivity contribution in [1.29, 1.82) is 0 Å². The summed E-state index contributed by atoms with van der Waals surface area (Å²) < 4.78 is 5.04. The Bertz CT molecular complexity index is 401. The normalized spacial score (nSPS) is 12.1. The van der Waals surface area contributed by atoms with E-state index in [4.69, 9.17) is 9.84 Å². The number of phenolic OH excluding ortho intramolecular Hbond substituents is 1. The summed E-state index contributed by atoms with van der Waals surface area (Å²) in [6.07, 6.45) is 2.70. The molecule has 4 nitrogen and oxygen atoms in total. The third-order valence-corrected chi connectivity index (χ3v) is 3.13. The van der Waals surface area contributed by atoms with Crippen molar-refractivity contribution >= 4 is 5.97 Å². The lowest BCUT2D eigenvalue weighted by Crippen LogP contribution is -2.08. The highest BCUT2D eigenvalue weighted by molar-refractivity contribution is 5.67. The average Bonchev–Trinajstić information content (AvgIpc) is 2.35. The van der Waals surface area contributed by atoms with Gasteiger partial charge in [0.05, 0.1) is 7.11 Å². The zero-order valence-corrected chi connectivity index (χ0v) is 10.8. The van der Waals surface area contributed by atoms with E-state index in [2.05, 4.69) is 0 Å². The van der Waals surface area contributed by atoms with Crippen LogP contribution in [0.2, 0.25) is 0 Å². The number of aromatic hydroxyl groups is 1. The molecule has 0 aliphatic carbocycles. The molecule has 0 bridgehead atoms. The minimum atomic E-state index is -0.745. The molecule has 4 heteroatoms. The van der Waals surface area contributed by atoms with Crippen LogP contribution in [0.3, 0.4) is 0 Å². The van der Waals surface area contributed by atoms with Crippen LogP contribution in [0.1, 0.15) is 31.7 Å². The molecule has 0 amide bonds. The highest BCUT2D eigenvalue weighted by Crippen LogP contribution is 2.27. The van der Waals surface area contributed by atoms with Gasteiger partial charge < -0.3 is 14.9 Å². The number of carbonyl (C=O) groups is 1. The molecule has 0 saturated heterocycles. The van der Waals surface area contributed by atoms with Crippen molar-refractivity contribution in [1.82, 2.24) is 0 Å². The Hall–Kier alpha value is -1.71. The number of benzene rings is 1. The van der Waals surface area contributed by atoms with Gasteiger partial charge in [-0.3, -0.25) is 4.79 Å². The van der Waals surface area contributed by atoms with Gasteiger partial charge in [0.15, 0.2) is 11.5 Å². The number of hydrogen-bond donors (Lipinski definition) is 2. The van der Waals surface area contributed by atoms with E-state index in [0.29, 0.717) is 5.75 Å². The molecule has 1 aromatic rings. The van der Waals surface area contributed by atoms with Gasteiger partial charge in [-0.15, -0.1) is 0 Å². The van der Waals surface area contributed by atoms with Crippen molar-refractivity contribution in [2.24, 2.45) is 5.92 Å². The molecule has 0 saturated carbocycles. The van der Waals surface area contributed by atoms with Gasteiger partial charge in [-0.05, 0) is 36.5 Å². The van der Waals surface area contributed by atoms with Gasteiger partial charge in [-0.25, -0.2) is 0 Å². The second-order valence-electron chi connectivity index (χ2n) is 4.42. The topological polar surface area (TPSA) is 66.8 Å². The van der Waals surface area contributed by atoms with E-state index in [1.807, 2.05) is 13.0 Å². The van der Waals surface area contributed by atoms with E-state index < -0.39 is 5.97 Å². The zero-order chi connectivity index (χ0) is 13.5. The number of phenols is 1. The third-order valence-electron chi connectivity index (χ3n) is 3.13. The van der Waals surface area contributed by atoms with Gasteiger partial charge in [-0.1, -0.05) is 19.4 Å². The molecule has 0 fully saturated rings. The molecule has 0 aliphatic heterocycles. The van der Waals surface area contributed by atoms with Crippen molar-refractivity contribution in [3.05, 3.63) is 23.8 Å². The van der Waals surface area contributed by atoms with Crippen LogP contribution in [-0.2, 0) is 11.2 Å². The lowest BCUT2D eigenvalue weighted by atomic mass is 9.94.